The van der Waals surface area contributed by atoms with Crippen LogP contribution in [0, 0.1) is 5.92 Å². The number of hydrogen-bond acceptors (Lipinski definition) is 10. The number of unbranched alkanes of at least 4 members (excludes halogenated alkanes) is 2. The van der Waals surface area contributed by atoms with E-state index in [0.717, 1.165) is 24.2 Å². The van der Waals surface area contributed by atoms with Gasteiger partial charge in [-0.3, -0.25) is 14.4 Å². The van der Waals surface area contributed by atoms with Crippen LogP contribution in [0.1, 0.15) is 82.5 Å². The maximum atomic E-state index is 14.4. The monoisotopic (exact) mass is 785 g/mol. The first kappa shape index (κ1) is 42.7. The van der Waals surface area contributed by atoms with Crippen LogP contribution in [0.5, 0.6) is 5.75 Å². The molecule has 0 fully saturated rings. The Labute approximate surface area is 323 Å². The van der Waals surface area contributed by atoms with Crippen LogP contribution < -0.4 is 21.1 Å². The summed E-state index contributed by atoms with van der Waals surface area (Å²) in [5, 5.41) is 17.7. The second-order valence-corrected chi connectivity index (χ2v) is 17.2. The number of likely N-dealkylation sites (N-methyl/N-ethyl adjacent to an activating group) is 1. The molecular formula is C39H55N5O8S2. The molecule has 296 valence electrons. The van der Waals surface area contributed by atoms with E-state index >= 15 is 0 Å². The van der Waals surface area contributed by atoms with E-state index in [2.05, 4.69) is 10.6 Å². The number of anilines is 3. The third-order valence-corrected chi connectivity index (χ3v) is 12.7. The summed E-state index contributed by atoms with van der Waals surface area (Å²) in [5.74, 6) is -0.710. The number of amides is 3. The van der Waals surface area contributed by atoms with E-state index < -0.39 is 28.1 Å². The normalized spacial score (nSPS) is 19.3. The lowest BCUT2D eigenvalue weighted by atomic mass is 10.0. The van der Waals surface area contributed by atoms with Gasteiger partial charge in [0.2, 0.25) is 11.8 Å². The second kappa shape index (κ2) is 20.6. The number of aliphatic hydroxyl groups is 1. The summed E-state index contributed by atoms with van der Waals surface area (Å²) in [5.41, 5.74) is 7.64. The summed E-state index contributed by atoms with van der Waals surface area (Å²) in [7, 11) is -2.20. The number of nitrogens with two attached hydrogens (primary N) is 1. The lowest BCUT2D eigenvalue weighted by molar-refractivity contribution is -0.116. The zero-order valence-corrected chi connectivity index (χ0v) is 33.3. The van der Waals surface area contributed by atoms with E-state index in [9.17, 15) is 27.9 Å². The van der Waals surface area contributed by atoms with Crippen LogP contribution in [0.15, 0.2) is 64.2 Å². The number of hydrogen-bond donors (Lipinski definition) is 4. The fraction of sp³-hybridized carbons (Fsp3) is 0.513. The molecule has 0 spiro atoms. The van der Waals surface area contributed by atoms with Crippen LogP contribution in [0.3, 0.4) is 0 Å². The number of thiophene rings is 1. The number of sulfonamides is 1. The quantitative estimate of drug-likeness (QED) is 0.113. The standard InChI is InChI=1S/C39H55N5O8S2/c1-27-24-44(28(2)26-45)39(48)31-23-30(41-36(46)16-6-5-7-17-37(47)42-33-15-9-8-14-32(33)40)19-20-34(31)52-29(3)13-10-11-21-51-35(27)25-43(4)54(49,50)38-18-12-22-53-38/h8-9,12,14-15,18-20,22-23,27-29,35,45H,5-7,10-11,13,16-17,21,24-26,40H2,1-4H3,(H,41,46)(H,42,47)/t27-,28+,29+,35-/m0/s1. The summed E-state index contributed by atoms with van der Waals surface area (Å²) < 4.78 is 40.7. The Balaban J connectivity index is 1.45. The zero-order chi connectivity index (χ0) is 39.3. The summed E-state index contributed by atoms with van der Waals surface area (Å²) in [6.07, 6.45) is 3.85. The third-order valence-electron chi connectivity index (χ3n) is 9.47. The molecule has 2 heterocycles. The molecule has 0 bridgehead atoms. The number of rotatable bonds is 14. The Morgan fingerprint density at radius 2 is 1.76 bits per heavy atom. The molecule has 2 aromatic carbocycles. The number of para-hydroxylation sites is 2. The predicted octanol–water partition coefficient (Wildman–Crippen LogP) is 5.97. The second-order valence-electron chi connectivity index (χ2n) is 14.0. The van der Waals surface area contributed by atoms with Crippen LogP contribution >= 0.6 is 11.3 Å². The van der Waals surface area contributed by atoms with Gasteiger partial charge in [0.25, 0.3) is 15.9 Å². The summed E-state index contributed by atoms with van der Waals surface area (Å²) >= 11 is 1.15. The van der Waals surface area contributed by atoms with Crippen molar-refractivity contribution in [3.05, 3.63) is 65.5 Å². The molecule has 0 aliphatic carbocycles. The van der Waals surface area contributed by atoms with Crippen molar-refractivity contribution in [2.24, 2.45) is 5.92 Å². The SMILES string of the molecule is C[C@@H]1CCCCO[C@@H](CN(C)S(=O)(=O)c2cccs2)[C@@H](C)CN([C@H](C)CO)C(=O)c2cc(NC(=O)CCCCCC(=O)Nc3ccccc3N)ccc2O1. The molecule has 0 unspecified atom stereocenters. The molecule has 3 amide bonds. The molecule has 4 rings (SSSR count). The molecule has 3 aromatic rings. The average molecular weight is 786 g/mol. The van der Waals surface area contributed by atoms with Crippen LogP contribution in [0.2, 0.25) is 0 Å². The van der Waals surface area contributed by atoms with Crippen molar-refractivity contribution in [3.63, 3.8) is 0 Å². The van der Waals surface area contributed by atoms with Gasteiger partial charge >= 0.3 is 0 Å². The molecule has 0 radical (unpaired) electrons. The fourth-order valence-electron chi connectivity index (χ4n) is 6.17. The van der Waals surface area contributed by atoms with Gasteiger partial charge in [-0.05, 0) is 87.7 Å². The summed E-state index contributed by atoms with van der Waals surface area (Å²) in [6.45, 7) is 5.94. The van der Waals surface area contributed by atoms with Gasteiger partial charge in [-0.1, -0.05) is 31.5 Å². The Hall–Kier alpha value is -4.02. The van der Waals surface area contributed by atoms with Crippen LogP contribution in [-0.2, 0) is 24.3 Å². The highest BCUT2D eigenvalue weighted by molar-refractivity contribution is 7.91. The highest BCUT2D eigenvalue weighted by Crippen LogP contribution is 2.29. The topological polar surface area (TPSA) is 181 Å². The number of nitrogen functional groups attached to an aromatic ring is 1. The summed E-state index contributed by atoms with van der Waals surface area (Å²) in [6, 6.07) is 14.7. The first-order chi connectivity index (χ1) is 25.8. The Morgan fingerprint density at radius 3 is 2.44 bits per heavy atom. The average Bonchev–Trinajstić information content (AvgIpc) is 3.70. The maximum absolute atomic E-state index is 14.4. The highest BCUT2D eigenvalue weighted by atomic mass is 32.2. The van der Waals surface area contributed by atoms with Gasteiger partial charge in [0.1, 0.15) is 9.96 Å². The van der Waals surface area contributed by atoms with Gasteiger partial charge in [-0.2, -0.15) is 4.31 Å². The maximum Gasteiger partial charge on any atom is 0.258 e. The van der Waals surface area contributed by atoms with Crippen LogP contribution in [0.4, 0.5) is 17.1 Å². The number of carbonyl (C=O) groups excluding carboxylic acids is 3. The van der Waals surface area contributed by atoms with Crippen LogP contribution in [-0.4, -0.2) is 92.1 Å². The fourth-order valence-corrected chi connectivity index (χ4v) is 8.56. The van der Waals surface area contributed by atoms with Gasteiger partial charge in [0, 0.05) is 51.2 Å². The van der Waals surface area contributed by atoms with E-state index in [1.807, 2.05) is 13.8 Å². The number of carbonyl (C=O) groups is 3. The summed E-state index contributed by atoms with van der Waals surface area (Å²) in [4.78, 5) is 41.3. The van der Waals surface area contributed by atoms with E-state index in [4.69, 9.17) is 15.2 Å². The highest BCUT2D eigenvalue weighted by Gasteiger charge is 2.32. The zero-order valence-electron chi connectivity index (χ0n) is 31.7. The van der Waals surface area contributed by atoms with Gasteiger partial charge in [0.05, 0.1) is 41.8 Å². The number of benzene rings is 2. The molecule has 5 N–H and O–H groups in total. The van der Waals surface area contributed by atoms with Crippen molar-refractivity contribution in [1.29, 1.82) is 0 Å². The van der Waals surface area contributed by atoms with Crippen molar-refractivity contribution in [2.45, 2.75) is 94.6 Å². The number of nitrogens with one attached hydrogen (secondary N) is 2. The van der Waals surface area contributed by atoms with Crippen molar-refractivity contribution in [3.8, 4) is 5.75 Å². The first-order valence-corrected chi connectivity index (χ1v) is 20.9. The molecule has 4 atom stereocenters. The minimum absolute atomic E-state index is 0.0826. The van der Waals surface area contributed by atoms with Crippen molar-refractivity contribution in [2.75, 3.05) is 49.7 Å². The van der Waals surface area contributed by atoms with E-state index in [0.29, 0.717) is 61.5 Å². The van der Waals surface area contributed by atoms with Gasteiger partial charge in [0.15, 0.2) is 0 Å². The number of fused-ring (bicyclic) bond motifs is 1. The van der Waals surface area contributed by atoms with Gasteiger partial charge in [-0.25, -0.2) is 8.42 Å². The van der Waals surface area contributed by atoms with E-state index in [1.54, 1.807) is 71.8 Å². The Kier molecular flexibility index (Phi) is 16.3. The van der Waals surface area contributed by atoms with E-state index in [1.165, 1.54) is 11.4 Å². The Bertz CT molecular complexity index is 1790. The lowest BCUT2D eigenvalue weighted by Gasteiger charge is -2.35. The minimum Gasteiger partial charge on any atom is -0.490 e. The molecule has 13 nitrogen and oxygen atoms in total. The van der Waals surface area contributed by atoms with Crippen molar-refractivity contribution >= 4 is 56.1 Å². The lowest BCUT2D eigenvalue weighted by Crippen LogP contribution is -2.48. The molecule has 54 heavy (non-hydrogen) atoms. The molecule has 0 saturated heterocycles. The Morgan fingerprint density at radius 1 is 1.04 bits per heavy atom. The largest absolute Gasteiger partial charge is 0.490 e. The molecule has 1 aliphatic heterocycles. The minimum atomic E-state index is -3.73. The smallest absolute Gasteiger partial charge is 0.258 e. The predicted molar refractivity (Wildman–Crippen MR) is 212 cm³/mol. The van der Waals surface area contributed by atoms with E-state index in [-0.39, 0.29) is 59.7 Å². The molecule has 0 saturated carbocycles. The molecular weight excluding hydrogens is 731 g/mol. The van der Waals surface area contributed by atoms with Crippen molar-refractivity contribution < 1.29 is 37.4 Å². The molecule has 1 aromatic heterocycles. The number of ether oxygens (including phenoxy) is 2. The molecule has 1 aliphatic rings. The number of aliphatic hydroxyl groups excluding tert-OH is 1. The van der Waals surface area contributed by atoms with Gasteiger partial charge < -0.3 is 35.8 Å². The first-order valence-electron chi connectivity index (χ1n) is 18.6. The van der Waals surface area contributed by atoms with Crippen molar-refractivity contribution in [1.82, 2.24) is 9.21 Å². The molecule has 15 heteroatoms. The number of nitrogens with zero attached hydrogens (tertiary/aromatic N) is 2. The van der Waals surface area contributed by atoms with Crippen LogP contribution in [0.25, 0.3) is 0 Å². The third kappa shape index (κ3) is 12.2. The van der Waals surface area contributed by atoms with Gasteiger partial charge in [-0.15, -0.1) is 11.3 Å².